The number of hydrogen-bond donors (Lipinski definition) is 2. The molecule has 17 heavy (non-hydrogen) atoms. The van der Waals surface area contributed by atoms with Crippen LogP contribution in [0.15, 0.2) is 10.6 Å². The van der Waals surface area contributed by atoms with Crippen molar-refractivity contribution in [1.29, 1.82) is 0 Å². The Balaban J connectivity index is 2.41. The first-order valence-electron chi connectivity index (χ1n) is 5.14. The molecule has 0 spiro atoms. The minimum absolute atomic E-state index is 0.0214. The summed E-state index contributed by atoms with van der Waals surface area (Å²) in [5.41, 5.74) is 0. The highest BCUT2D eigenvalue weighted by Gasteiger charge is 2.13. The van der Waals surface area contributed by atoms with E-state index in [9.17, 15) is 9.59 Å². The third-order valence-electron chi connectivity index (χ3n) is 2.03. The van der Waals surface area contributed by atoms with Crippen LogP contribution in [-0.2, 0) is 9.59 Å². The number of carbonyl (C=O) groups excluding carboxylic acids is 2. The largest absolute Gasteiger partial charge is 0.360 e. The Morgan fingerprint density at radius 1 is 1.53 bits per heavy atom. The Bertz CT molecular complexity index is 402. The van der Waals surface area contributed by atoms with Crippen LogP contribution in [0.5, 0.6) is 0 Å². The maximum absolute atomic E-state index is 11.5. The molecule has 0 aliphatic carbocycles. The van der Waals surface area contributed by atoms with Gasteiger partial charge in [0.2, 0.25) is 11.8 Å². The van der Waals surface area contributed by atoms with Crippen molar-refractivity contribution in [1.82, 2.24) is 15.4 Å². The van der Waals surface area contributed by atoms with Gasteiger partial charge in [-0.3, -0.25) is 9.59 Å². The van der Waals surface area contributed by atoms with Gasteiger partial charge in [0.05, 0.1) is 13.1 Å². The van der Waals surface area contributed by atoms with Crippen molar-refractivity contribution in [3.8, 4) is 0 Å². The zero-order valence-electron chi connectivity index (χ0n) is 10.1. The van der Waals surface area contributed by atoms with Crippen LogP contribution < -0.4 is 10.6 Å². The number of carbonyl (C=O) groups is 2. The smallest absolute Gasteiger partial charge is 0.245 e. The molecule has 0 aromatic carbocycles. The molecule has 94 valence electrons. The zero-order valence-corrected chi connectivity index (χ0v) is 10.1. The van der Waals surface area contributed by atoms with Crippen LogP contribution in [0, 0.1) is 6.92 Å². The van der Waals surface area contributed by atoms with Crippen molar-refractivity contribution >= 4 is 17.6 Å². The predicted molar refractivity (Wildman–Crippen MR) is 61.4 cm³/mol. The first-order valence-corrected chi connectivity index (χ1v) is 5.14. The number of aromatic nitrogens is 1. The monoisotopic (exact) mass is 240 g/mol. The molecule has 0 unspecified atom stereocenters. The molecule has 0 aliphatic heterocycles. The third-order valence-corrected chi connectivity index (χ3v) is 2.03. The first-order chi connectivity index (χ1) is 8.02. The Labute approximate surface area is 99.1 Å². The van der Waals surface area contributed by atoms with Gasteiger partial charge < -0.3 is 20.1 Å². The van der Waals surface area contributed by atoms with Gasteiger partial charge in [-0.1, -0.05) is 5.16 Å². The van der Waals surface area contributed by atoms with Crippen LogP contribution in [0.25, 0.3) is 0 Å². The Hall–Kier alpha value is -1.89. The average Bonchev–Trinajstić information content (AvgIpc) is 2.64. The van der Waals surface area contributed by atoms with Crippen molar-refractivity contribution < 1.29 is 14.1 Å². The summed E-state index contributed by atoms with van der Waals surface area (Å²) in [5, 5.41) is 8.88. The Morgan fingerprint density at radius 2 is 2.24 bits per heavy atom. The van der Waals surface area contributed by atoms with Crippen LogP contribution in [-0.4, -0.2) is 49.1 Å². The molecule has 0 radical (unpaired) electrons. The number of amides is 2. The van der Waals surface area contributed by atoms with Crippen LogP contribution in [0.3, 0.4) is 0 Å². The van der Waals surface area contributed by atoms with Crippen LogP contribution in [0.2, 0.25) is 0 Å². The van der Waals surface area contributed by atoms with Gasteiger partial charge >= 0.3 is 0 Å². The van der Waals surface area contributed by atoms with E-state index in [1.807, 2.05) is 0 Å². The molecule has 1 rings (SSSR count). The highest BCUT2D eigenvalue weighted by Crippen LogP contribution is 2.06. The minimum Gasteiger partial charge on any atom is -0.360 e. The lowest BCUT2D eigenvalue weighted by Gasteiger charge is -2.15. The fourth-order valence-electron chi connectivity index (χ4n) is 1.20. The topological polar surface area (TPSA) is 87.5 Å². The molecule has 1 aromatic heterocycles. The molecule has 7 heteroatoms. The Kier molecular flexibility index (Phi) is 4.65. The van der Waals surface area contributed by atoms with E-state index in [2.05, 4.69) is 15.8 Å². The summed E-state index contributed by atoms with van der Waals surface area (Å²) < 4.78 is 4.80. The molecule has 2 amide bonds. The third kappa shape index (κ3) is 4.23. The van der Waals surface area contributed by atoms with Crippen molar-refractivity contribution in [3.63, 3.8) is 0 Å². The highest BCUT2D eigenvalue weighted by molar-refractivity contribution is 5.93. The van der Waals surface area contributed by atoms with Crippen molar-refractivity contribution in [2.45, 2.75) is 6.92 Å². The van der Waals surface area contributed by atoms with Gasteiger partial charge in [0, 0.05) is 13.1 Å². The first kappa shape index (κ1) is 13.2. The maximum atomic E-state index is 11.5. The summed E-state index contributed by atoms with van der Waals surface area (Å²) in [6.45, 7) is 1.91. The molecule has 0 fully saturated rings. The molecule has 1 heterocycles. The van der Waals surface area contributed by atoms with E-state index in [0.717, 1.165) is 0 Å². The molecule has 2 N–H and O–H groups in total. The molecule has 0 saturated heterocycles. The predicted octanol–water partition coefficient (Wildman–Crippen LogP) is -0.401. The summed E-state index contributed by atoms with van der Waals surface area (Å²) in [4.78, 5) is 24.3. The van der Waals surface area contributed by atoms with Crippen LogP contribution in [0.4, 0.5) is 5.82 Å². The molecule has 7 nitrogen and oxygen atoms in total. The second-order valence-electron chi connectivity index (χ2n) is 3.65. The summed E-state index contributed by atoms with van der Waals surface area (Å²) in [5.74, 6) is 0.492. The number of rotatable bonds is 5. The summed E-state index contributed by atoms with van der Waals surface area (Å²) in [6.07, 6.45) is 0. The number of likely N-dealkylation sites (N-methyl/N-ethyl adjacent to an activating group) is 2. The second-order valence-corrected chi connectivity index (χ2v) is 3.65. The SMILES string of the molecule is CNCC(=O)N(C)CC(=O)Nc1cc(C)on1. The Morgan fingerprint density at radius 3 is 2.76 bits per heavy atom. The van der Waals surface area contributed by atoms with E-state index in [1.165, 1.54) is 4.90 Å². The van der Waals surface area contributed by atoms with Gasteiger partial charge in [-0.05, 0) is 14.0 Å². The summed E-state index contributed by atoms with van der Waals surface area (Å²) in [7, 11) is 3.23. The zero-order chi connectivity index (χ0) is 12.8. The maximum Gasteiger partial charge on any atom is 0.245 e. The quantitative estimate of drug-likeness (QED) is 0.731. The number of nitrogens with one attached hydrogen (secondary N) is 2. The molecule has 0 aliphatic rings. The van der Waals surface area contributed by atoms with Crippen molar-refractivity contribution in [2.75, 3.05) is 32.5 Å². The molecule has 1 aromatic rings. The highest BCUT2D eigenvalue weighted by atomic mass is 16.5. The lowest BCUT2D eigenvalue weighted by atomic mass is 10.4. The van der Waals surface area contributed by atoms with Crippen molar-refractivity contribution in [3.05, 3.63) is 11.8 Å². The van der Waals surface area contributed by atoms with Gasteiger partial charge in [0.25, 0.3) is 0 Å². The summed E-state index contributed by atoms with van der Waals surface area (Å²) in [6, 6.07) is 1.60. The van der Waals surface area contributed by atoms with Crippen LogP contribution in [0.1, 0.15) is 5.76 Å². The second kappa shape index (κ2) is 6.00. The average molecular weight is 240 g/mol. The molecular weight excluding hydrogens is 224 g/mol. The lowest BCUT2D eigenvalue weighted by Crippen LogP contribution is -2.39. The number of anilines is 1. The fourth-order valence-corrected chi connectivity index (χ4v) is 1.20. The van der Waals surface area contributed by atoms with E-state index < -0.39 is 0 Å². The molecular formula is C10H16N4O3. The minimum atomic E-state index is -0.315. The molecule has 0 saturated carbocycles. The van der Waals surface area contributed by atoms with Gasteiger partial charge in [0.15, 0.2) is 5.82 Å². The van der Waals surface area contributed by atoms with Gasteiger partial charge in [-0.15, -0.1) is 0 Å². The van der Waals surface area contributed by atoms with Crippen molar-refractivity contribution in [2.24, 2.45) is 0 Å². The lowest BCUT2D eigenvalue weighted by molar-refractivity contribution is -0.132. The summed E-state index contributed by atoms with van der Waals surface area (Å²) >= 11 is 0. The van der Waals surface area contributed by atoms with Gasteiger partial charge in [-0.25, -0.2) is 0 Å². The number of nitrogens with zero attached hydrogens (tertiary/aromatic N) is 2. The number of aryl methyl sites for hydroxylation is 1. The number of hydrogen-bond acceptors (Lipinski definition) is 5. The van der Waals surface area contributed by atoms with Gasteiger partial charge in [0.1, 0.15) is 5.76 Å². The van der Waals surface area contributed by atoms with E-state index in [0.29, 0.717) is 11.6 Å². The van der Waals surface area contributed by atoms with E-state index in [1.54, 1.807) is 27.1 Å². The van der Waals surface area contributed by atoms with Crippen LogP contribution >= 0.6 is 0 Å². The van der Waals surface area contributed by atoms with E-state index in [-0.39, 0.29) is 24.9 Å². The van der Waals surface area contributed by atoms with E-state index in [4.69, 9.17) is 4.52 Å². The standard InChI is InChI=1S/C10H16N4O3/c1-7-4-8(13-17-7)12-9(15)6-14(3)10(16)5-11-2/h4,11H,5-6H2,1-3H3,(H,12,13,15). The fraction of sp³-hybridized carbons (Fsp3) is 0.500. The van der Waals surface area contributed by atoms with E-state index >= 15 is 0 Å². The molecule has 0 atom stereocenters. The molecule has 0 bridgehead atoms. The van der Waals surface area contributed by atoms with Gasteiger partial charge in [-0.2, -0.15) is 0 Å². The normalized spacial score (nSPS) is 10.1.